The van der Waals surface area contributed by atoms with Crippen LogP contribution in [-0.2, 0) is 0 Å². The number of halogens is 1. The maximum absolute atomic E-state index is 13.5. The van der Waals surface area contributed by atoms with Gasteiger partial charge in [0.1, 0.15) is 11.6 Å². The van der Waals surface area contributed by atoms with E-state index in [1.807, 2.05) is 0 Å². The van der Waals surface area contributed by atoms with Crippen molar-refractivity contribution >= 4 is 0 Å². The van der Waals surface area contributed by atoms with Gasteiger partial charge in [0.05, 0.1) is 12.7 Å². The van der Waals surface area contributed by atoms with Crippen LogP contribution in [0.3, 0.4) is 0 Å². The zero-order chi connectivity index (χ0) is 11.5. The molecular formula is C13H17FO2. The average Bonchev–Trinajstić information content (AvgIpc) is 3.01. The van der Waals surface area contributed by atoms with Crippen LogP contribution in [0.4, 0.5) is 4.39 Å². The van der Waals surface area contributed by atoms with Gasteiger partial charge in [0.15, 0.2) is 0 Å². The average molecular weight is 224 g/mol. The van der Waals surface area contributed by atoms with E-state index in [1.165, 1.54) is 18.9 Å². The summed E-state index contributed by atoms with van der Waals surface area (Å²) >= 11 is 0. The van der Waals surface area contributed by atoms with Gasteiger partial charge in [0.25, 0.3) is 0 Å². The van der Waals surface area contributed by atoms with Crippen LogP contribution in [0, 0.1) is 11.7 Å². The van der Waals surface area contributed by atoms with Gasteiger partial charge in [-0.1, -0.05) is 12.8 Å². The van der Waals surface area contributed by atoms with Crippen molar-refractivity contribution in [2.24, 2.45) is 5.92 Å². The number of hydrogen-bond donors (Lipinski definition) is 1. The van der Waals surface area contributed by atoms with Crippen molar-refractivity contribution in [2.75, 3.05) is 6.61 Å². The Bertz CT molecular complexity index is 359. The summed E-state index contributed by atoms with van der Waals surface area (Å²) in [6, 6.07) is 4.62. The van der Waals surface area contributed by atoms with Gasteiger partial charge in [-0.05, 0) is 31.4 Å². The van der Waals surface area contributed by atoms with Gasteiger partial charge in [-0.25, -0.2) is 4.39 Å². The molecule has 0 spiro atoms. The highest BCUT2D eigenvalue weighted by Crippen LogP contribution is 2.32. The summed E-state index contributed by atoms with van der Waals surface area (Å²) in [5, 5.41) is 9.27. The fourth-order valence-corrected chi connectivity index (χ4v) is 1.69. The molecule has 1 saturated carbocycles. The molecule has 1 atom stereocenters. The molecular weight excluding hydrogens is 207 g/mol. The normalized spacial score (nSPS) is 17.2. The highest BCUT2D eigenvalue weighted by Gasteiger charge is 2.20. The molecule has 1 aromatic rings. The van der Waals surface area contributed by atoms with E-state index >= 15 is 0 Å². The summed E-state index contributed by atoms with van der Waals surface area (Å²) in [4.78, 5) is 0. The second-order valence-corrected chi connectivity index (χ2v) is 4.44. The summed E-state index contributed by atoms with van der Waals surface area (Å²) in [7, 11) is 0. The molecule has 2 nitrogen and oxygen atoms in total. The lowest BCUT2D eigenvalue weighted by molar-refractivity contribution is 0.194. The van der Waals surface area contributed by atoms with E-state index in [1.54, 1.807) is 19.1 Å². The van der Waals surface area contributed by atoms with E-state index in [0.717, 1.165) is 12.3 Å². The first-order valence-corrected chi connectivity index (χ1v) is 5.77. The van der Waals surface area contributed by atoms with Crippen molar-refractivity contribution in [3.05, 3.63) is 29.6 Å². The predicted octanol–water partition coefficient (Wildman–Crippen LogP) is 3.06. The Morgan fingerprint density at radius 3 is 2.81 bits per heavy atom. The van der Waals surface area contributed by atoms with Crippen LogP contribution in [0.2, 0.25) is 0 Å². The van der Waals surface area contributed by atoms with E-state index in [0.29, 0.717) is 17.9 Å². The minimum absolute atomic E-state index is 0.314. The van der Waals surface area contributed by atoms with Gasteiger partial charge in [-0.2, -0.15) is 0 Å². The zero-order valence-corrected chi connectivity index (χ0v) is 9.45. The highest BCUT2D eigenvalue weighted by molar-refractivity contribution is 5.29. The molecule has 0 bridgehead atoms. The van der Waals surface area contributed by atoms with Crippen LogP contribution in [0.25, 0.3) is 0 Å². The van der Waals surface area contributed by atoms with Crippen molar-refractivity contribution in [1.29, 1.82) is 0 Å². The SMILES string of the molecule is C[C@@H](O)c1ccc(OCCC2CC2)cc1F. The molecule has 1 aromatic carbocycles. The van der Waals surface area contributed by atoms with Gasteiger partial charge in [-0.3, -0.25) is 0 Å². The fraction of sp³-hybridized carbons (Fsp3) is 0.538. The van der Waals surface area contributed by atoms with E-state index in [9.17, 15) is 9.50 Å². The molecule has 88 valence electrons. The van der Waals surface area contributed by atoms with Crippen molar-refractivity contribution in [3.8, 4) is 5.75 Å². The van der Waals surface area contributed by atoms with Crippen LogP contribution < -0.4 is 4.74 Å². The number of rotatable bonds is 5. The second kappa shape index (κ2) is 4.83. The fourth-order valence-electron chi connectivity index (χ4n) is 1.69. The standard InChI is InChI=1S/C13H17FO2/c1-9(15)12-5-4-11(8-13(12)14)16-7-6-10-2-3-10/h4-5,8-10,15H,2-3,6-7H2,1H3/t9-/m1/s1. The zero-order valence-electron chi connectivity index (χ0n) is 9.45. The minimum Gasteiger partial charge on any atom is -0.493 e. The van der Waals surface area contributed by atoms with Crippen LogP contribution >= 0.6 is 0 Å². The Labute approximate surface area is 95.1 Å². The minimum atomic E-state index is -0.777. The Morgan fingerprint density at radius 1 is 1.50 bits per heavy atom. The smallest absolute Gasteiger partial charge is 0.132 e. The lowest BCUT2D eigenvalue weighted by atomic mass is 10.1. The monoisotopic (exact) mass is 224 g/mol. The van der Waals surface area contributed by atoms with E-state index in [-0.39, 0.29) is 0 Å². The molecule has 0 saturated heterocycles. The third-order valence-electron chi connectivity index (χ3n) is 2.91. The topological polar surface area (TPSA) is 29.5 Å². The van der Waals surface area contributed by atoms with Gasteiger partial charge in [0.2, 0.25) is 0 Å². The summed E-state index contributed by atoms with van der Waals surface area (Å²) in [6.07, 6.45) is 2.89. The molecule has 1 N–H and O–H groups in total. The van der Waals surface area contributed by atoms with Crippen molar-refractivity contribution in [2.45, 2.75) is 32.3 Å². The van der Waals surface area contributed by atoms with Gasteiger partial charge >= 0.3 is 0 Å². The summed E-state index contributed by atoms with van der Waals surface area (Å²) in [5.74, 6) is 0.961. The first-order valence-electron chi connectivity index (χ1n) is 5.77. The lowest BCUT2D eigenvalue weighted by Gasteiger charge is -2.09. The van der Waals surface area contributed by atoms with E-state index in [2.05, 4.69) is 0 Å². The highest BCUT2D eigenvalue weighted by atomic mass is 19.1. The van der Waals surface area contributed by atoms with Crippen LogP contribution in [0.15, 0.2) is 18.2 Å². The third-order valence-corrected chi connectivity index (χ3v) is 2.91. The van der Waals surface area contributed by atoms with Gasteiger partial charge in [-0.15, -0.1) is 0 Å². The van der Waals surface area contributed by atoms with E-state index in [4.69, 9.17) is 4.74 Å². The molecule has 1 fully saturated rings. The molecule has 0 unspecified atom stereocenters. The summed E-state index contributed by atoms with van der Waals surface area (Å²) in [5.41, 5.74) is 0.314. The van der Waals surface area contributed by atoms with E-state index < -0.39 is 11.9 Å². The largest absolute Gasteiger partial charge is 0.493 e. The summed E-state index contributed by atoms with van der Waals surface area (Å²) < 4.78 is 18.9. The van der Waals surface area contributed by atoms with Gasteiger partial charge < -0.3 is 9.84 Å². The Morgan fingerprint density at radius 2 is 2.25 bits per heavy atom. The molecule has 0 amide bonds. The maximum Gasteiger partial charge on any atom is 0.132 e. The maximum atomic E-state index is 13.5. The second-order valence-electron chi connectivity index (χ2n) is 4.44. The lowest BCUT2D eigenvalue weighted by Crippen LogP contribution is -2.00. The molecule has 2 rings (SSSR count). The number of hydrogen-bond acceptors (Lipinski definition) is 2. The molecule has 3 heteroatoms. The van der Waals surface area contributed by atoms with Crippen LogP contribution in [0.5, 0.6) is 5.75 Å². The molecule has 16 heavy (non-hydrogen) atoms. The Balaban J connectivity index is 1.91. The molecule has 0 heterocycles. The first kappa shape index (κ1) is 11.4. The molecule has 0 aromatic heterocycles. The number of aliphatic hydroxyl groups is 1. The number of aliphatic hydroxyl groups excluding tert-OH is 1. The molecule has 0 radical (unpaired) electrons. The van der Waals surface area contributed by atoms with Crippen LogP contribution in [0.1, 0.15) is 37.9 Å². The Kier molecular flexibility index (Phi) is 3.44. The number of benzene rings is 1. The third kappa shape index (κ3) is 2.95. The van der Waals surface area contributed by atoms with Gasteiger partial charge in [0, 0.05) is 11.6 Å². The number of ether oxygens (including phenoxy) is 1. The predicted molar refractivity (Wildman–Crippen MR) is 59.9 cm³/mol. The summed E-state index contributed by atoms with van der Waals surface area (Å²) in [6.45, 7) is 2.20. The molecule has 1 aliphatic rings. The molecule has 1 aliphatic carbocycles. The molecule has 0 aliphatic heterocycles. The van der Waals surface area contributed by atoms with Crippen LogP contribution in [-0.4, -0.2) is 11.7 Å². The first-order chi connectivity index (χ1) is 7.66. The van der Waals surface area contributed by atoms with Crippen molar-refractivity contribution in [3.63, 3.8) is 0 Å². The Hall–Kier alpha value is -1.09. The van der Waals surface area contributed by atoms with Crippen molar-refractivity contribution in [1.82, 2.24) is 0 Å². The quantitative estimate of drug-likeness (QED) is 0.833. The van der Waals surface area contributed by atoms with Crippen molar-refractivity contribution < 1.29 is 14.2 Å².